The van der Waals surface area contributed by atoms with E-state index in [9.17, 15) is 9.59 Å². The number of hydrogen-bond donors (Lipinski definition) is 2. The lowest BCUT2D eigenvalue weighted by atomic mass is 9.90. The molecule has 0 aromatic heterocycles. The highest BCUT2D eigenvalue weighted by molar-refractivity contribution is 5.86. The summed E-state index contributed by atoms with van der Waals surface area (Å²) in [6.07, 6.45) is 1.05. The van der Waals surface area contributed by atoms with E-state index in [0.29, 0.717) is 26.1 Å². The first-order valence-electron chi connectivity index (χ1n) is 6.28. The van der Waals surface area contributed by atoms with Crippen molar-refractivity contribution in [3.05, 3.63) is 0 Å². The van der Waals surface area contributed by atoms with Crippen molar-refractivity contribution in [2.45, 2.75) is 44.8 Å². The molecular formula is C12H23ClN2O4. The zero-order valence-corrected chi connectivity index (χ0v) is 12.3. The minimum atomic E-state index is -0.861. The van der Waals surface area contributed by atoms with Gasteiger partial charge in [0.2, 0.25) is 5.91 Å². The molecule has 0 saturated carbocycles. The van der Waals surface area contributed by atoms with Crippen LogP contribution in [0.4, 0.5) is 0 Å². The molecule has 0 bridgehead atoms. The van der Waals surface area contributed by atoms with Crippen molar-refractivity contribution < 1.29 is 19.1 Å². The van der Waals surface area contributed by atoms with Crippen LogP contribution in [0.2, 0.25) is 0 Å². The van der Waals surface area contributed by atoms with Crippen LogP contribution in [0.15, 0.2) is 0 Å². The Balaban J connectivity index is 0.00000324. The molecule has 1 fully saturated rings. The van der Waals surface area contributed by atoms with Gasteiger partial charge in [-0.3, -0.25) is 9.59 Å². The Morgan fingerprint density at radius 2 is 1.95 bits per heavy atom. The van der Waals surface area contributed by atoms with Crippen LogP contribution in [0.5, 0.6) is 0 Å². The molecule has 6 nitrogen and oxygen atoms in total. The Labute approximate surface area is 119 Å². The van der Waals surface area contributed by atoms with E-state index in [4.69, 9.17) is 15.2 Å². The average molecular weight is 295 g/mol. The van der Waals surface area contributed by atoms with Gasteiger partial charge in [-0.05, 0) is 26.7 Å². The van der Waals surface area contributed by atoms with Crippen molar-refractivity contribution in [2.24, 2.45) is 5.73 Å². The molecule has 0 spiro atoms. The molecule has 0 aromatic carbocycles. The summed E-state index contributed by atoms with van der Waals surface area (Å²) >= 11 is 0. The largest absolute Gasteiger partial charge is 0.463 e. The van der Waals surface area contributed by atoms with Gasteiger partial charge in [0.1, 0.15) is 0 Å². The van der Waals surface area contributed by atoms with Gasteiger partial charge in [0.05, 0.1) is 18.1 Å². The van der Waals surface area contributed by atoms with Gasteiger partial charge in [0.15, 0.2) is 0 Å². The highest BCUT2D eigenvalue weighted by atomic mass is 35.5. The molecule has 1 saturated heterocycles. The number of amides is 1. The highest BCUT2D eigenvalue weighted by Crippen LogP contribution is 2.17. The normalized spacial score (nSPS) is 17.5. The van der Waals surface area contributed by atoms with Gasteiger partial charge in [-0.15, -0.1) is 12.4 Å². The van der Waals surface area contributed by atoms with Crippen molar-refractivity contribution in [1.82, 2.24) is 5.32 Å². The zero-order valence-electron chi connectivity index (χ0n) is 11.4. The fourth-order valence-electron chi connectivity index (χ4n) is 1.74. The van der Waals surface area contributed by atoms with Crippen LogP contribution in [0.25, 0.3) is 0 Å². The number of carbonyl (C=O) groups excluding carboxylic acids is 2. The maximum Gasteiger partial charge on any atom is 0.307 e. The summed E-state index contributed by atoms with van der Waals surface area (Å²) in [5.74, 6) is -0.536. The standard InChI is InChI=1S/C12H22N2O4.ClH/c1-9(2)18-10(15)3-6-14-11(16)12(13)4-7-17-8-5-12;/h9H,3-8,13H2,1-2H3,(H,14,16);1H. The SMILES string of the molecule is CC(C)OC(=O)CCNC(=O)C1(N)CCOCC1.Cl. The summed E-state index contributed by atoms with van der Waals surface area (Å²) in [5, 5.41) is 2.68. The number of nitrogens with one attached hydrogen (secondary N) is 1. The summed E-state index contributed by atoms with van der Waals surface area (Å²) < 4.78 is 10.1. The van der Waals surface area contributed by atoms with Crippen molar-refractivity contribution in [3.8, 4) is 0 Å². The Kier molecular flexibility index (Phi) is 7.97. The lowest BCUT2D eigenvalue weighted by molar-refractivity contribution is -0.147. The Morgan fingerprint density at radius 1 is 1.37 bits per heavy atom. The minimum Gasteiger partial charge on any atom is -0.463 e. The molecule has 0 radical (unpaired) electrons. The highest BCUT2D eigenvalue weighted by Gasteiger charge is 2.35. The van der Waals surface area contributed by atoms with Gasteiger partial charge < -0.3 is 20.5 Å². The maximum atomic E-state index is 11.9. The van der Waals surface area contributed by atoms with Gasteiger partial charge >= 0.3 is 5.97 Å². The summed E-state index contributed by atoms with van der Waals surface area (Å²) in [6.45, 7) is 4.82. The first-order valence-corrected chi connectivity index (χ1v) is 6.28. The van der Waals surface area contributed by atoms with Crippen molar-refractivity contribution in [3.63, 3.8) is 0 Å². The minimum absolute atomic E-state index is 0. The van der Waals surface area contributed by atoms with Gasteiger partial charge in [0, 0.05) is 19.8 Å². The molecule has 1 aliphatic heterocycles. The first-order chi connectivity index (χ1) is 8.44. The van der Waals surface area contributed by atoms with E-state index in [-0.39, 0.29) is 43.4 Å². The molecule has 1 heterocycles. The number of esters is 1. The third kappa shape index (κ3) is 6.22. The van der Waals surface area contributed by atoms with Gasteiger partial charge in [-0.25, -0.2) is 0 Å². The van der Waals surface area contributed by atoms with E-state index < -0.39 is 5.54 Å². The molecule has 0 aliphatic carbocycles. The van der Waals surface area contributed by atoms with Crippen LogP contribution in [0.3, 0.4) is 0 Å². The number of carbonyl (C=O) groups is 2. The smallest absolute Gasteiger partial charge is 0.307 e. The molecule has 3 N–H and O–H groups in total. The molecule has 0 unspecified atom stereocenters. The second kappa shape index (κ2) is 8.35. The first kappa shape index (κ1) is 18.1. The van der Waals surface area contributed by atoms with E-state index in [1.165, 1.54) is 0 Å². The predicted molar refractivity (Wildman–Crippen MR) is 73.1 cm³/mol. The summed E-state index contributed by atoms with van der Waals surface area (Å²) in [4.78, 5) is 23.1. The Hall–Kier alpha value is -0.850. The Bertz CT molecular complexity index is 304. The van der Waals surface area contributed by atoms with E-state index in [0.717, 1.165) is 0 Å². The van der Waals surface area contributed by atoms with Crippen LogP contribution in [0.1, 0.15) is 33.1 Å². The molecule has 112 valence electrons. The summed E-state index contributed by atoms with van der Waals surface area (Å²) in [5.41, 5.74) is 5.13. The fraction of sp³-hybridized carbons (Fsp3) is 0.833. The number of rotatable bonds is 5. The number of hydrogen-bond acceptors (Lipinski definition) is 5. The van der Waals surface area contributed by atoms with Crippen LogP contribution in [0, 0.1) is 0 Å². The van der Waals surface area contributed by atoms with Crippen LogP contribution in [-0.2, 0) is 19.1 Å². The van der Waals surface area contributed by atoms with E-state index in [1.807, 2.05) is 0 Å². The van der Waals surface area contributed by atoms with Crippen molar-refractivity contribution in [1.29, 1.82) is 0 Å². The predicted octanol–water partition coefficient (Wildman–Crippen LogP) is 0.374. The molecular weight excluding hydrogens is 272 g/mol. The number of halogens is 1. The van der Waals surface area contributed by atoms with Crippen LogP contribution in [-0.4, -0.2) is 43.3 Å². The second-order valence-corrected chi connectivity index (χ2v) is 4.81. The quantitative estimate of drug-likeness (QED) is 0.715. The second-order valence-electron chi connectivity index (χ2n) is 4.81. The summed E-state index contributed by atoms with van der Waals surface area (Å²) in [7, 11) is 0. The average Bonchev–Trinajstić information content (AvgIpc) is 2.28. The fourth-order valence-corrected chi connectivity index (χ4v) is 1.74. The van der Waals surface area contributed by atoms with Crippen LogP contribution >= 0.6 is 12.4 Å². The van der Waals surface area contributed by atoms with Crippen LogP contribution < -0.4 is 11.1 Å². The van der Waals surface area contributed by atoms with E-state index in [2.05, 4.69) is 5.32 Å². The number of nitrogens with two attached hydrogens (primary N) is 1. The van der Waals surface area contributed by atoms with Gasteiger partial charge in [-0.1, -0.05) is 0 Å². The summed E-state index contributed by atoms with van der Waals surface area (Å²) in [6, 6.07) is 0. The lowest BCUT2D eigenvalue weighted by Crippen LogP contribution is -2.57. The maximum absolute atomic E-state index is 11.9. The number of ether oxygens (including phenoxy) is 2. The topological polar surface area (TPSA) is 90.7 Å². The molecule has 0 aromatic rings. The van der Waals surface area contributed by atoms with Crippen molar-refractivity contribution >= 4 is 24.3 Å². The van der Waals surface area contributed by atoms with Gasteiger partial charge in [-0.2, -0.15) is 0 Å². The molecule has 0 atom stereocenters. The zero-order chi connectivity index (χ0) is 13.6. The molecule has 1 amide bonds. The molecule has 19 heavy (non-hydrogen) atoms. The van der Waals surface area contributed by atoms with E-state index >= 15 is 0 Å². The molecule has 7 heteroatoms. The third-order valence-electron chi connectivity index (χ3n) is 2.82. The molecule has 1 aliphatic rings. The Morgan fingerprint density at radius 3 is 2.47 bits per heavy atom. The van der Waals surface area contributed by atoms with Gasteiger partial charge in [0.25, 0.3) is 0 Å². The van der Waals surface area contributed by atoms with Crippen molar-refractivity contribution in [2.75, 3.05) is 19.8 Å². The monoisotopic (exact) mass is 294 g/mol. The van der Waals surface area contributed by atoms with E-state index in [1.54, 1.807) is 13.8 Å². The lowest BCUT2D eigenvalue weighted by Gasteiger charge is -2.31. The third-order valence-corrected chi connectivity index (χ3v) is 2.82. The molecule has 1 rings (SSSR count).